The lowest BCUT2D eigenvalue weighted by Gasteiger charge is -2.54. The Morgan fingerprint density at radius 3 is 1.42 bits per heavy atom. The fourth-order valence-corrected chi connectivity index (χ4v) is 3.96. The summed E-state index contributed by atoms with van der Waals surface area (Å²) in [5, 5.41) is 19.7. The number of hydrogen-bond acceptors (Lipinski definition) is 2. The molecule has 4 nitrogen and oxygen atoms in total. The van der Waals surface area contributed by atoms with E-state index in [9.17, 15) is 19.8 Å². The Labute approximate surface area is 116 Å². The molecule has 2 N–H and O–H groups in total. The van der Waals surface area contributed by atoms with E-state index in [1.807, 2.05) is 20.8 Å². The molecule has 0 aliphatic heterocycles. The Hall–Kier alpha value is -1.06. The lowest BCUT2D eigenvalue weighted by molar-refractivity contribution is -0.195. The average Bonchev–Trinajstić information content (AvgIpc) is 2.21. The van der Waals surface area contributed by atoms with E-state index < -0.39 is 28.2 Å². The van der Waals surface area contributed by atoms with Crippen LogP contribution < -0.4 is 0 Å². The van der Waals surface area contributed by atoms with E-state index in [0.29, 0.717) is 12.8 Å². The number of carboxylic acids is 2. The van der Waals surface area contributed by atoms with Gasteiger partial charge in [-0.2, -0.15) is 0 Å². The van der Waals surface area contributed by atoms with Crippen molar-refractivity contribution >= 4 is 11.9 Å². The lowest BCUT2D eigenvalue weighted by Crippen LogP contribution is -2.61. The molecular weight excluding hydrogens is 244 g/mol. The van der Waals surface area contributed by atoms with Crippen LogP contribution in [0.3, 0.4) is 0 Å². The second-order valence-electron chi connectivity index (χ2n) is 6.60. The van der Waals surface area contributed by atoms with Crippen LogP contribution in [0.1, 0.15) is 61.3 Å². The van der Waals surface area contributed by atoms with E-state index in [4.69, 9.17) is 0 Å². The summed E-state index contributed by atoms with van der Waals surface area (Å²) < 4.78 is 0. The lowest BCUT2D eigenvalue weighted by atomic mass is 9.47. The van der Waals surface area contributed by atoms with Crippen LogP contribution in [-0.2, 0) is 9.59 Å². The van der Waals surface area contributed by atoms with E-state index in [2.05, 4.69) is 0 Å². The van der Waals surface area contributed by atoms with Crippen LogP contribution in [0.15, 0.2) is 0 Å². The van der Waals surface area contributed by atoms with Crippen molar-refractivity contribution in [2.24, 2.45) is 22.2 Å². The largest absolute Gasteiger partial charge is 0.481 e. The average molecular weight is 272 g/mol. The zero-order valence-electron chi connectivity index (χ0n) is 13.2. The first-order valence-corrected chi connectivity index (χ1v) is 6.92. The Kier molecular flexibility index (Phi) is 5.21. The molecule has 0 saturated heterocycles. The summed E-state index contributed by atoms with van der Waals surface area (Å²) in [5.74, 6) is -2.28. The third-order valence-electron chi connectivity index (χ3n) is 4.86. The van der Waals surface area contributed by atoms with Gasteiger partial charge in [0, 0.05) is 0 Å². The van der Waals surface area contributed by atoms with Gasteiger partial charge in [-0.1, -0.05) is 48.5 Å². The molecule has 112 valence electrons. The third-order valence-corrected chi connectivity index (χ3v) is 4.86. The molecule has 19 heavy (non-hydrogen) atoms. The van der Waals surface area contributed by atoms with Crippen molar-refractivity contribution in [3.8, 4) is 0 Å². The second-order valence-corrected chi connectivity index (χ2v) is 6.60. The van der Waals surface area contributed by atoms with Gasteiger partial charge in [-0.25, -0.2) is 0 Å². The van der Waals surface area contributed by atoms with Gasteiger partial charge in [0.25, 0.3) is 0 Å². The first kappa shape index (κ1) is 17.9. The number of aliphatic carboxylic acids is 2. The van der Waals surface area contributed by atoms with E-state index in [1.165, 1.54) is 0 Å². The van der Waals surface area contributed by atoms with Crippen molar-refractivity contribution < 1.29 is 19.8 Å². The maximum atomic E-state index is 12.1. The van der Waals surface area contributed by atoms with Gasteiger partial charge in [0.05, 0.1) is 10.8 Å². The molecule has 4 heteroatoms. The molecule has 0 aliphatic rings. The second kappa shape index (κ2) is 5.51. The van der Waals surface area contributed by atoms with Gasteiger partial charge in [0.15, 0.2) is 0 Å². The normalized spacial score (nSPS) is 18.7. The maximum Gasteiger partial charge on any atom is 0.311 e. The molecule has 0 amide bonds. The molecule has 0 aromatic carbocycles. The SMILES string of the molecule is CCC(C(=O)O)(C(C)C)C(CC)(C(=O)O)C(C)(C)C. The smallest absolute Gasteiger partial charge is 0.311 e. The molecule has 0 aromatic heterocycles. The van der Waals surface area contributed by atoms with Crippen molar-refractivity contribution in [2.75, 3.05) is 0 Å². The molecule has 0 spiro atoms. The Morgan fingerprint density at radius 2 is 1.37 bits per heavy atom. The summed E-state index contributed by atoms with van der Waals surface area (Å²) in [7, 11) is 0. The van der Waals surface area contributed by atoms with Crippen molar-refractivity contribution in [3.05, 3.63) is 0 Å². The van der Waals surface area contributed by atoms with Crippen LogP contribution in [-0.4, -0.2) is 22.2 Å². The number of hydrogen-bond donors (Lipinski definition) is 2. The molecule has 0 bridgehead atoms. The molecule has 2 atom stereocenters. The van der Waals surface area contributed by atoms with Gasteiger partial charge in [0.1, 0.15) is 0 Å². The zero-order valence-corrected chi connectivity index (χ0v) is 13.2. The van der Waals surface area contributed by atoms with Crippen molar-refractivity contribution in [3.63, 3.8) is 0 Å². The van der Waals surface area contributed by atoms with E-state index in [0.717, 1.165) is 0 Å². The molecule has 2 unspecified atom stereocenters. The predicted octanol–water partition coefficient (Wildman–Crippen LogP) is 3.65. The highest BCUT2D eigenvalue weighted by atomic mass is 16.4. The van der Waals surface area contributed by atoms with E-state index in [-0.39, 0.29) is 5.92 Å². The highest BCUT2D eigenvalue weighted by Gasteiger charge is 2.65. The zero-order chi connectivity index (χ0) is 15.6. The van der Waals surface area contributed by atoms with E-state index >= 15 is 0 Å². The number of rotatable bonds is 6. The minimum Gasteiger partial charge on any atom is -0.481 e. The van der Waals surface area contributed by atoms with Gasteiger partial charge >= 0.3 is 11.9 Å². The highest BCUT2D eigenvalue weighted by molar-refractivity contribution is 5.87. The molecule has 0 rings (SSSR count). The standard InChI is InChI=1S/C15H28O4/c1-8-14(10(3)4,11(16)17)15(9-2,12(18)19)13(5,6)7/h10H,8-9H2,1-7H3,(H,16,17)(H,18,19). The van der Waals surface area contributed by atoms with Crippen molar-refractivity contribution in [2.45, 2.75) is 61.3 Å². The van der Waals surface area contributed by atoms with Crippen LogP contribution >= 0.6 is 0 Å². The molecule has 0 saturated carbocycles. The summed E-state index contributed by atoms with van der Waals surface area (Å²) in [6, 6.07) is 0. The van der Waals surface area contributed by atoms with Crippen LogP contribution in [0, 0.1) is 22.2 Å². The minimum atomic E-state index is -1.30. The molecule has 0 heterocycles. The van der Waals surface area contributed by atoms with Crippen molar-refractivity contribution in [1.82, 2.24) is 0 Å². The van der Waals surface area contributed by atoms with Gasteiger partial charge in [-0.15, -0.1) is 0 Å². The van der Waals surface area contributed by atoms with Gasteiger partial charge in [-0.05, 0) is 24.2 Å². The quantitative estimate of drug-likeness (QED) is 0.774. The Balaban J connectivity index is 6.54. The summed E-state index contributed by atoms with van der Waals surface area (Å²) in [5.41, 5.74) is -3.22. The van der Waals surface area contributed by atoms with Gasteiger partial charge in [0.2, 0.25) is 0 Å². The Bertz CT molecular complexity index is 354. The Morgan fingerprint density at radius 1 is 0.947 bits per heavy atom. The highest BCUT2D eigenvalue weighted by Crippen LogP contribution is 2.59. The van der Waals surface area contributed by atoms with Crippen LogP contribution in [0.4, 0.5) is 0 Å². The number of carbonyl (C=O) groups is 2. The fraction of sp³-hybridized carbons (Fsp3) is 0.867. The molecular formula is C15H28O4. The summed E-state index contributed by atoms with van der Waals surface area (Å²) in [4.78, 5) is 24.0. The molecule has 0 fully saturated rings. The summed E-state index contributed by atoms with van der Waals surface area (Å²) in [6.07, 6.45) is 0.599. The first-order chi connectivity index (χ1) is 8.45. The van der Waals surface area contributed by atoms with Crippen LogP contribution in [0.2, 0.25) is 0 Å². The minimum absolute atomic E-state index is 0.259. The van der Waals surface area contributed by atoms with Crippen LogP contribution in [0.25, 0.3) is 0 Å². The van der Waals surface area contributed by atoms with Crippen LogP contribution in [0.5, 0.6) is 0 Å². The van der Waals surface area contributed by atoms with Gasteiger partial charge in [-0.3, -0.25) is 9.59 Å². The van der Waals surface area contributed by atoms with Crippen molar-refractivity contribution in [1.29, 1.82) is 0 Å². The van der Waals surface area contributed by atoms with E-state index in [1.54, 1.807) is 27.7 Å². The summed E-state index contributed by atoms with van der Waals surface area (Å²) >= 11 is 0. The predicted molar refractivity (Wildman–Crippen MR) is 75.0 cm³/mol. The maximum absolute atomic E-state index is 12.1. The number of carboxylic acid groups (broad SMARTS) is 2. The molecule has 0 aromatic rings. The third kappa shape index (κ3) is 2.26. The molecule has 0 aliphatic carbocycles. The summed E-state index contributed by atoms with van der Waals surface area (Å²) in [6.45, 7) is 12.6. The molecule has 0 radical (unpaired) electrons. The first-order valence-electron chi connectivity index (χ1n) is 6.92. The fourth-order valence-electron chi connectivity index (χ4n) is 3.96. The monoisotopic (exact) mass is 272 g/mol. The topological polar surface area (TPSA) is 74.6 Å². The van der Waals surface area contributed by atoms with Gasteiger partial charge < -0.3 is 10.2 Å².